The first-order chi connectivity index (χ1) is 12.5. The van der Waals surface area contributed by atoms with E-state index in [0.717, 1.165) is 11.1 Å². The molecule has 2 amide bonds. The highest BCUT2D eigenvalue weighted by Crippen LogP contribution is 2.37. The van der Waals surface area contributed by atoms with Crippen LogP contribution in [-0.4, -0.2) is 39.5 Å². The molecule has 2 saturated heterocycles. The van der Waals surface area contributed by atoms with Crippen molar-refractivity contribution in [1.82, 2.24) is 9.80 Å². The standard InChI is InChI=1S/C19H17N3O4/c20-19-15(16(23)26-17(19)24)21(11-13-7-3-1-4-8-13)18(25)22(19)12-14-9-5-2-6-10-14/h1-10,15H,11-12,20H2/t15-,19-/m0/s1. The van der Waals surface area contributed by atoms with Gasteiger partial charge in [-0.25, -0.2) is 14.4 Å². The average molecular weight is 351 g/mol. The van der Waals surface area contributed by atoms with E-state index in [1.165, 1.54) is 9.80 Å². The van der Waals surface area contributed by atoms with Crippen LogP contribution in [0.15, 0.2) is 60.7 Å². The van der Waals surface area contributed by atoms with E-state index in [4.69, 9.17) is 10.5 Å². The fourth-order valence-corrected chi connectivity index (χ4v) is 3.47. The molecular weight excluding hydrogens is 334 g/mol. The highest BCUT2D eigenvalue weighted by atomic mass is 16.6. The van der Waals surface area contributed by atoms with Gasteiger partial charge < -0.3 is 9.64 Å². The van der Waals surface area contributed by atoms with Crippen molar-refractivity contribution in [3.05, 3.63) is 71.8 Å². The number of hydrogen-bond donors (Lipinski definition) is 1. The zero-order chi connectivity index (χ0) is 18.3. The van der Waals surface area contributed by atoms with Crippen molar-refractivity contribution in [3.63, 3.8) is 0 Å². The Bertz CT molecular complexity index is 871. The number of ether oxygens (including phenoxy) is 1. The fraction of sp³-hybridized carbons (Fsp3) is 0.211. The Balaban J connectivity index is 1.71. The molecule has 26 heavy (non-hydrogen) atoms. The molecule has 2 aromatic rings. The summed E-state index contributed by atoms with van der Waals surface area (Å²) < 4.78 is 4.78. The second kappa shape index (κ2) is 5.96. The van der Waals surface area contributed by atoms with Crippen molar-refractivity contribution in [2.24, 2.45) is 5.73 Å². The molecule has 2 fully saturated rings. The molecule has 0 unspecified atom stereocenters. The van der Waals surface area contributed by atoms with Crippen molar-refractivity contribution in [2.45, 2.75) is 24.8 Å². The molecule has 2 atom stereocenters. The van der Waals surface area contributed by atoms with Gasteiger partial charge in [0.15, 0.2) is 6.04 Å². The molecule has 0 aliphatic carbocycles. The highest BCUT2D eigenvalue weighted by molar-refractivity contribution is 6.09. The number of cyclic esters (lactones) is 2. The zero-order valence-electron chi connectivity index (χ0n) is 13.9. The first kappa shape index (κ1) is 16.3. The van der Waals surface area contributed by atoms with E-state index >= 15 is 0 Å². The molecule has 0 saturated carbocycles. The Morgan fingerprint density at radius 2 is 1.42 bits per heavy atom. The quantitative estimate of drug-likeness (QED) is 0.661. The molecule has 0 spiro atoms. The van der Waals surface area contributed by atoms with Gasteiger partial charge in [-0.1, -0.05) is 60.7 Å². The summed E-state index contributed by atoms with van der Waals surface area (Å²) in [6, 6.07) is 16.8. The maximum atomic E-state index is 13.0. The normalized spacial score (nSPS) is 24.8. The second-order valence-corrected chi connectivity index (χ2v) is 6.40. The first-order valence-corrected chi connectivity index (χ1v) is 8.23. The van der Waals surface area contributed by atoms with Gasteiger partial charge in [-0.3, -0.25) is 10.6 Å². The number of nitrogens with two attached hydrogens (primary N) is 1. The molecule has 7 heteroatoms. The Morgan fingerprint density at radius 1 is 0.885 bits per heavy atom. The van der Waals surface area contributed by atoms with Gasteiger partial charge in [0.05, 0.1) is 0 Å². The number of esters is 2. The minimum Gasteiger partial charge on any atom is -0.389 e. The summed E-state index contributed by atoms with van der Waals surface area (Å²) in [4.78, 5) is 40.2. The first-order valence-electron chi connectivity index (χ1n) is 8.23. The average Bonchev–Trinajstić information content (AvgIpc) is 3.00. The van der Waals surface area contributed by atoms with Gasteiger partial charge in [-0.15, -0.1) is 0 Å². The zero-order valence-corrected chi connectivity index (χ0v) is 13.9. The van der Waals surface area contributed by atoms with Gasteiger partial charge in [0.25, 0.3) is 0 Å². The van der Waals surface area contributed by atoms with Crippen LogP contribution >= 0.6 is 0 Å². The third-order valence-electron chi connectivity index (χ3n) is 4.77. The van der Waals surface area contributed by atoms with Gasteiger partial charge in [0.2, 0.25) is 5.66 Å². The Hall–Kier alpha value is -3.19. The monoisotopic (exact) mass is 351 g/mol. The van der Waals surface area contributed by atoms with Crippen LogP contribution in [0.3, 0.4) is 0 Å². The van der Waals surface area contributed by atoms with Crippen LogP contribution in [-0.2, 0) is 27.4 Å². The SMILES string of the molecule is N[C@@]12C(=O)OC(=O)[C@@H]1N(Cc1ccccc1)C(=O)N2Cc1ccccc1. The van der Waals surface area contributed by atoms with Crippen LogP contribution in [0.25, 0.3) is 0 Å². The van der Waals surface area contributed by atoms with Gasteiger partial charge in [0.1, 0.15) is 0 Å². The van der Waals surface area contributed by atoms with E-state index in [2.05, 4.69) is 0 Å². The topological polar surface area (TPSA) is 92.9 Å². The molecule has 132 valence electrons. The predicted molar refractivity (Wildman–Crippen MR) is 91.2 cm³/mol. The lowest BCUT2D eigenvalue weighted by molar-refractivity contribution is -0.156. The molecule has 2 aromatic carbocycles. The van der Waals surface area contributed by atoms with Crippen LogP contribution in [0, 0.1) is 0 Å². The third kappa shape index (κ3) is 2.36. The summed E-state index contributed by atoms with van der Waals surface area (Å²) in [7, 11) is 0. The summed E-state index contributed by atoms with van der Waals surface area (Å²) >= 11 is 0. The van der Waals surface area contributed by atoms with Crippen molar-refractivity contribution in [1.29, 1.82) is 0 Å². The van der Waals surface area contributed by atoms with E-state index in [1.807, 2.05) is 60.7 Å². The van der Waals surface area contributed by atoms with Crippen molar-refractivity contribution in [2.75, 3.05) is 0 Å². The number of benzene rings is 2. The molecule has 4 rings (SSSR count). The van der Waals surface area contributed by atoms with Crippen molar-refractivity contribution >= 4 is 18.0 Å². The van der Waals surface area contributed by atoms with Gasteiger partial charge in [-0.05, 0) is 11.1 Å². The van der Waals surface area contributed by atoms with Crippen LogP contribution in [0.5, 0.6) is 0 Å². The summed E-state index contributed by atoms with van der Waals surface area (Å²) in [5, 5.41) is 0. The second-order valence-electron chi connectivity index (χ2n) is 6.40. The lowest BCUT2D eigenvalue weighted by atomic mass is 10.0. The number of carbonyl (C=O) groups is 3. The third-order valence-corrected chi connectivity index (χ3v) is 4.77. The van der Waals surface area contributed by atoms with Crippen LogP contribution in [0.2, 0.25) is 0 Å². The smallest absolute Gasteiger partial charge is 0.357 e. The molecule has 2 N–H and O–H groups in total. The number of fused-ring (bicyclic) bond motifs is 1. The predicted octanol–water partition coefficient (Wildman–Crippen LogP) is 1.23. The number of hydrogen-bond acceptors (Lipinski definition) is 5. The Labute approximate surface area is 149 Å². The largest absolute Gasteiger partial charge is 0.389 e. The summed E-state index contributed by atoms with van der Waals surface area (Å²) in [6.07, 6.45) is 0. The van der Waals surface area contributed by atoms with E-state index < -0.39 is 29.7 Å². The van der Waals surface area contributed by atoms with Gasteiger partial charge >= 0.3 is 18.0 Å². The van der Waals surface area contributed by atoms with E-state index in [-0.39, 0.29) is 13.1 Å². The lowest BCUT2D eigenvalue weighted by Crippen LogP contribution is -2.61. The summed E-state index contributed by atoms with van der Waals surface area (Å²) in [5.74, 6) is -1.69. The molecule has 2 aliphatic heterocycles. The summed E-state index contributed by atoms with van der Waals surface area (Å²) in [6.45, 7) is 0.275. The minimum atomic E-state index is -1.82. The van der Waals surface area contributed by atoms with E-state index in [0.29, 0.717) is 0 Å². The number of carbonyl (C=O) groups excluding carboxylic acids is 3. The maximum absolute atomic E-state index is 13.0. The highest BCUT2D eigenvalue weighted by Gasteiger charge is 2.69. The molecular formula is C19H17N3O4. The minimum absolute atomic E-state index is 0.111. The fourth-order valence-electron chi connectivity index (χ4n) is 3.47. The number of urea groups is 1. The molecule has 0 bridgehead atoms. The molecule has 2 aliphatic rings. The van der Waals surface area contributed by atoms with Gasteiger partial charge in [-0.2, -0.15) is 0 Å². The van der Waals surface area contributed by atoms with Crippen molar-refractivity contribution in [3.8, 4) is 0 Å². The number of nitrogens with zero attached hydrogens (tertiary/aromatic N) is 2. The molecule has 2 heterocycles. The molecule has 0 radical (unpaired) electrons. The Morgan fingerprint density at radius 3 is 2.00 bits per heavy atom. The maximum Gasteiger partial charge on any atom is 0.357 e. The molecule has 0 aromatic heterocycles. The summed E-state index contributed by atoms with van der Waals surface area (Å²) in [5.41, 5.74) is 6.11. The van der Waals surface area contributed by atoms with E-state index in [9.17, 15) is 14.4 Å². The number of rotatable bonds is 4. The van der Waals surface area contributed by atoms with Gasteiger partial charge in [0, 0.05) is 13.1 Å². The molecule has 7 nitrogen and oxygen atoms in total. The van der Waals surface area contributed by atoms with E-state index in [1.54, 1.807) is 0 Å². The Kier molecular flexibility index (Phi) is 3.73. The van der Waals surface area contributed by atoms with Crippen LogP contribution < -0.4 is 5.73 Å². The lowest BCUT2D eigenvalue weighted by Gasteiger charge is -2.28. The van der Waals surface area contributed by atoms with Crippen molar-refractivity contribution < 1.29 is 19.1 Å². The van der Waals surface area contributed by atoms with Crippen LogP contribution in [0.4, 0.5) is 4.79 Å². The van der Waals surface area contributed by atoms with Crippen LogP contribution in [0.1, 0.15) is 11.1 Å². The number of amides is 2.